The summed E-state index contributed by atoms with van der Waals surface area (Å²) in [7, 11) is 1.58. The lowest BCUT2D eigenvalue weighted by molar-refractivity contribution is -0.189. The van der Waals surface area contributed by atoms with Crippen molar-refractivity contribution in [2.45, 2.75) is 12.6 Å². The van der Waals surface area contributed by atoms with Gasteiger partial charge in [-0.15, -0.1) is 0 Å². The molecular formula is C26H18F3N3O3. The Morgan fingerprint density at radius 3 is 2.34 bits per heavy atom. The Balaban J connectivity index is 1.61. The second-order valence-electron chi connectivity index (χ2n) is 7.85. The topological polar surface area (TPSA) is 77.1 Å². The maximum Gasteiger partial charge on any atom is 0.491 e. The number of nitrogens with one attached hydrogen (secondary N) is 1. The number of fused-ring (bicyclic) bond motifs is 3. The number of aromatic amines is 1. The molecular weight excluding hydrogens is 459 g/mol. The number of H-pyrrole nitrogens is 1. The average Bonchev–Trinajstić information content (AvgIpc) is 3.26. The van der Waals surface area contributed by atoms with Gasteiger partial charge in [0.2, 0.25) is 0 Å². The Morgan fingerprint density at radius 2 is 1.66 bits per heavy atom. The van der Waals surface area contributed by atoms with E-state index in [1.165, 1.54) is 12.1 Å². The molecule has 0 unspecified atom stereocenters. The van der Waals surface area contributed by atoms with E-state index in [-0.39, 0.29) is 5.75 Å². The molecule has 0 spiro atoms. The number of nitrogens with zero attached hydrogens (tertiary/aromatic N) is 2. The number of rotatable bonds is 5. The number of alkyl halides is 3. The zero-order valence-corrected chi connectivity index (χ0v) is 18.4. The lowest BCUT2D eigenvalue weighted by Gasteiger charge is -2.11. The van der Waals surface area contributed by atoms with Gasteiger partial charge in [0.1, 0.15) is 11.5 Å². The molecule has 2 heterocycles. The van der Waals surface area contributed by atoms with Crippen molar-refractivity contribution in [3.63, 3.8) is 0 Å². The van der Waals surface area contributed by atoms with Crippen LogP contribution in [-0.4, -0.2) is 34.4 Å². The maximum atomic E-state index is 12.5. The smallest absolute Gasteiger partial charge is 0.491 e. The van der Waals surface area contributed by atoms with Crippen LogP contribution in [0, 0.1) is 0 Å². The van der Waals surface area contributed by atoms with Crippen LogP contribution in [0.3, 0.4) is 0 Å². The number of carbonyl (C=O) groups excluding carboxylic acids is 1. The molecule has 1 N–H and O–H groups in total. The lowest BCUT2D eigenvalue weighted by Crippen LogP contribution is -2.27. The van der Waals surface area contributed by atoms with Crippen molar-refractivity contribution in [2.24, 2.45) is 0 Å². The minimum Gasteiger partial charge on any atom is -0.497 e. The van der Waals surface area contributed by atoms with Crippen LogP contribution in [0.25, 0.3) is 33.1 Å². The van der Waals surface area contributed by atoms with E-state index in [2.05, 4.69) is 14.9 Å². The SMILES string of the molecule is COc1ccc2c(-c3ccc(OC(=O)C(F)(F)F)cc3)nc3n[nH]c(Cc4ccccc4)c3c2c1. The average molecular weight is 477 g/mol. The van der Waals surface area contributed by atoms with Gasteiger partial charge < -0.3 is 9.47 Å². The second-order valence-corrected chi connectivity index (χ2v) is 7.85. The molecule has 0 fully saturated rings. The first-order chi connectivity index (χ1) is 16.8. The van der Waals surface area contributed by atoms with E-state index < -0.39 is 12.1 Å². The molecule has 2 aromatic heterocycles. The first-order valence-corrected chi connectivity index (χ1v) is 10.6. The molecule has 5 aromatic rings. The van der Waals surface area contributed by atoms with Gasteiger partial charge in [-0.3, -0.25) is 5.10 Å². The Hall–Kier alpha value is -4.40. The Labute approximate surface area is 197 Å². The Bertz CT molecular complexity index is 1530. The summed E-state index contributed by atoms with van der Waals surface area (Å²) in [6.45, 7) is 0. The largest absolute Gasteiger partial charge is 0.497 e. The summed E-state index contributed by atoms with van der Waals surface area (Å²) in [4.78, 5) is 15.9. The monoisotopic (exact) mass is 477 g/mol. The van der Waals surface area contributed by atoms with Gasteiger partial charge >= 0.3 is 12.1 Å². The van der Waals surface area contributed by atoms with Crippen molar-refractivity contribution in [1.29, 1.82) is 0 Å². The van der Waals surface area contributed by atoms with Crippen molar-refractivity contribution >= 4 is 27.8 Å². The van der Waals surface area contributed by atoms with Gasteiger partial charge in [0.05, 0.1) is 18.2 Å². The molecule has 0 atom stereocenters. The summed E-state index contributed by atoms with van der Waals surface area (Å²) in [5.41, 5.74) is 3.72. The quantitative estimate of drug-likeness (QED) is 0.254. The molecule has 0 amide bonds. The first-order valence-electron chi connectivity index (χ1n) is 10.6. The number of carbonyl (C=O) groups is 1. The Morgan fingerprint density at radius 1 is 0.943 bits per heavy atom. The number of hydrogen-bond donors (Lipinski definition) is 1. The van der Waals surface area contributed by atoms with Gasteiger partial charge in [0.15, 0.2) is 5.65 Å². The molecule has 0 aliphatic heterocycles. The first kappa shape index (κ1) is 22.4. The summed E-state index contributed by atoms with van der Waals surface area (Å²) in [5.74, 6) is -1.82. The van der Waals surface area contributed by atoms with Gasteiger partial charge in [-0.05, 0) is 48.0 Å². The highest BCUT2D eigenvalue weighted by Crippen LogP contribution is 2.36. The molecule has 0 aliphatic rings. The zero-order chi connectivity index (χ0) is 24.6. The molecule has 176 valence electrons. The maximum absolute atomic E-state index is 12.5. The number of esters is 1. The normalized spacial score (nSPS) is 11.7. The predicted molar refractivity (Wildman–Crippen MR) is 124 cm³/mol. The lowest BCUT2D eigenvalue weighted by atomic mass is 9.99. The van der Waals surface area contributed by atoms with Gasteiger partial charge in [-0.1, -0.05) is 30.3 Å². The van der Waals surface area contributed by atoms with E-state index >= 15 is 0 Å². The fourth-order valence-corrected chi connectivity index (χ4v) is 3.95. The van der Waals surface area contributed by atoms with Gasteiger partial charge in [-0.2, -0.15) is 18.3 Å². The number of hydrogen-bond acceptors (Lipinski definition) is 5. The number of halogens is 3. The van der Waals surface area contributed by atoms with E-state index in [1.807, 2.05) is 48.5 Å². The number of aromatic nitrogens is 3. The van der Waals surface area contributed by atoms with Crippen molar-refractivity contribution in [3.05, 3.63) is 84.1 Å². The van der Waals surface area contributed by atoms with Crippen molar-refractivity contribution < 1.29 is 27.4 Å². The summed E-state index contributed by atoms with van der Waals surface area (Å²) in [6.07, 6.45) is -4.44. The standard InChI is InChI=1S/C26H18F3N3O3/c1-34-18-11-12-19-20(14-18)22-21(13-15-5-3-2-4-6-15)31-32-24(22)30-23(19)16-7-9-17(10-8-16)35-25(33)26(27,28)29/h2-12,14H,13H2,1H3,(H,30,31,32). The summed E-state index contributed by atoms with van der Waals surface area (Å²) in [6, 6.07) is 21.3. The molecule has 6 nitrogen and oxygen atoms in total. The molecule has 0 saturated carbocycles. The highest BCUT2D eigenvalue weighted by atomic mass is 19.4. The zero-order valence-electron chi connectivity index (χ0n) is 18.4. The van der Waals surface area contributed by atoms with Crippen LogP contribution >= 0.6 is 0 Å². The van der Waals surface area contributed by atoms with Crippen molar-refractivity contribution in [2.75, 3.05) is 7.11 Å². The summed E-state index contributed by atoms with van der Waals surface area (Å²) < 4.78 is 47.3. The van der Waals surface area contributed by atoms with Gasteiger partial charge in [0, 0.05) is 28.5 Å². The van der Waals surface area contributed by atoms with Crippen molar-refractivity contribution in [3.8, 4) is 22.8 Å². The third-order valence-corrected chi connectivity index (χ3v) is 5.58. The molecule has 0 aliphatic carbocycles. The molecule has 35 heavy (non-hydrogen) atoms. The number of ether oxygens (including phenoxy) is 2. The van der Waals surface area contributed by atoms with E-state index in [0.29, 0.717) is 29.1 Å². The summed E-state index contributed by atoms with van der Waals surface area (Å²) >= 11 is 0. The van der Waals surface area contributed by atoms with Crippen LogP contribution < -0.4 is 9.47 Å². The molecule has 9 heteroatoms. The van der Waals surface area contributed by atoms with E-state index in [1.54, 1.807) is 19.2 Å². The summed E-state index contributed by atoms with van der Waals surface area (Å²) in [5, 5.41) is 10.1. The fourth-order valence-electron chi connectivity index (χ4n) is 3.95. The molecule has 0 bridgehead atoms. The molecule has 5 rings (SSSR count). The highest BCUT2D eigenvalue weighted by molar-refractivity contribution is 6.11. The second kappa shape index (κ2) is 8.75. The Kier molecular flexibility index (Phi) is 5.60. The van der Waals surface area contributed by atoms with Crippen LogP contribution in [0.15, 0.2) is 72.8 Å². The van der Waals surface area contributed by atoms with Crippen LogP contribution in [0.4, 0.5) is 13.2 Å². The minimum absolute atomic E-state index is 0.215. The molecule has 3 aromatic carbocycles. The van der Waals surface area contributed by atoms with Gasteiger partial charge in [-0.25, -0.2) is 9.78 Å². The third kappa shape index (κ3) is 4.40. The minimum atomic E-state index is -5.07. The number of methoxy groups -OCH3 is 1. The van der Waals surface area contributed by atoms with Gasteiger partial charge in [0.25, 0.3) is 0 Å². The third-order valence-electron chi connectivity index (χ3n) is 5.58. The van der Waals surface area contributed by atoms with E-state index in [0.717, 1.165) is 27.4 Å². The van der Waals surface area contributed by atoms with Crippen LogP contribution in [0.2, 0.25) is 0 Å². The molecule has 0 radical (unpaired) electrons. The van der Waals surface area contributed by atoms with E-state index in [4.69, 9.17) is 9.72 Å². The van der Waals surface area contributed by atoms with Crippen molar-refractivity contribution in [1.82, 2.24) is 15.2 Å². The number of benzene rings is 3. The van der Waals surface area contributed by atoms with Crippen LogP contribution in [0.5, 0.6) is 11.5 Å². The van der Waals surface area contributed by atoms with Crippen LogP contribution in [0.1, 0.15) is 11.3 Å². The number of pyridine rings is 1. The fraction of sp³-hybridized carbons (Fsp3) is 0.115. The van der Waals surface area contributed by atoms with E-state index in [9.17, 15) is 18.0 Å². The molecule has 0 saturated heterocycles. The van der Waals surface area contributed by atoms with Crippen LogP contribution in [-0.2, 0) is 11.2 Å². The highest BCUT2D eigenvalue weighted by Gasteiger charge is 2.41. The predicted octanol–water partition coefficient (Wildman–Crippen LogP) is 5.85.